The van der Waals surface area contributed by atoms with E-state index in [0.29, 0.717) is 11.6 Å². The number of nitrogens with zero attached hydrogens (tertiary/aromatic N) is 1. The van der Waals surface area contributed by atoms with Crippen LogP contribution in [0.1, 0.15) is 109 Å². The second kappa shape index (κ2) is 19.6. The Morgan fingerprint density at radius 2 is 1.52 bits per heavy atom. The van der Waals surface area contributed by atoms with Gasteiger partial charge in [0.2, 0.25) is 5.91 Å². The summed E-state index contributed by atoms with van der Waals surface area (Å²) < 4.78 is 0. The van der Waals surface area contributed by atoms with Gasteiger partial charge in [0, 0.05) is 12.6 Å². The molecule has 0 saturated carbocycles. The van der Waals surface area contributed by atoms with Crippen LogP contribution in [0.25, 0.3) is 0 Å². The lowest BCUT2D eigenvalue weighted by molar-refractivity contribution is -0.141. The van der Waals surface area contributed by atoms with E-state index in [4.69, 9.17) is 0 Å². The van der Waals surface area contributed by atoms with Crippen LogP contribution in [-0.2, 0) is 16.0 Å². The van der Waals surface area contributed by atoms with E-state index in [2.05, 4.69) is 34.4 Å². The third-order valence-corrected chi connectivity index (χ3v) is 6.25. The van der Waals surface area contributed by atoms with Crippen molar-refractivity contribution in [2.24, 2.45) is 5.92 Å². The van der Waals surface area contributed by atoms with Gasteiger partial charge in [-0.3, -0.25) is 4.79 Å². The summed E-state index contributed by atoms with van der Waals surface area (Å²) in [4.78, 5) is 30.7. The summed E-state index contributed by atoms with van der Waals surface area (Å²) in [5.74, 6) is -0.750. The molecule has 0 radical (unpaired) electrons. The summed E-state index contributed by atoms with van der Waals surface area (Å²) in [6, 6.07) is -0.968. The number of carbonyl (C=O) groups excluding carboxylic acids is 1. The predicted molar refractivity (Wildman–Crippen MR) is 134 cm³/mol. The minimum Gasteiger partial charge on any atom is -0.480 e. The molecule has 0 fully saturated rings. The highest BCUT2D eigenvalue weighted by molar-refractivity contribution is 5.84. The second-order valence-corrected chi connectivity index (χ2v) is 9.33. The van der Waals surface area contributed by atoms with Crippen molar-refractivity contribution in [3.63, 3.8) is 0 Å². The van der Waals surface area contributed by atoms with Gasteiger partial charge in [-0.1, -0.05) is 90.9 Å². The molecular formula is C26H48N4O3. The van der Waals surface area contributed by atoms with Crippen LogP contribution in [0.2, 0.25) is 0 Å². The van der Waals surface area contributed by atoms with Crippen LogP contribution in [0.15, 0.2) is 12.5 Å². The fourth-order valence-electron chi connectivity index (χ4n) is 4.22. The summed E-state index contributed by atoms with van der Waals surface area (Å²) in [5.41, 5.74) is 0.619. The number of rotatable bonds is 22. The van der Waals surface area contributed by atoms with Gasteiger partial charge in [-0.15, -0.1) is 0 Å². The first-order chi connectivity index (χ1) is 16.1. The normalized spacial score (nSPS) is 13.0. The Hall–Kier alpha value is -1.89. The van der Waals surface area contributed by atoms with Crippen molar-refractivity contribution in [1.29, 1.82) is 0 Å². The van der Waals surface area contributed by atoms with E-state index < -0.39 is 12.0 Å². The smallest absolute Gasteiger partial charge is 0.326 e. The number of imidazole rings is 1. The number of hydrogen-bond donors (Lipinski definition) is 4. The van der Waals surface area contributed by atoms with Gasteiger partial charge < -0.3 is 20.7 Å². The van der Waals surface area contributed by atoms with Gasteiger partial charge in [-0.05, 0) is 25.3 Å². The fourth-order valence-corrected chi connectivity index (χ4v) is 4.22. The van der Waals surface area contributed by atoms with Gasteiger partial charge in [0.25, 0.3) is 0 Å². The second-order valence-electron chi connectivity index (χ2n) is 9.33. The minimum absolute atomic E-state index is 0.147. The zero-order valence-corrected chi connectivity index (χ0v) is 21.0. The summed E-state index contributed by atoms with van der Waals surface area (Å²) in [7, 11) is 0. The third kappa shape index (κ3) is 15.6. The molecule has 2 atom stereocenters. The van der Waals surface area contributed by atoms with Gasteiger partial charge in [0.1, 0.15) is 6.04 Å². The molecule has 0 spiro atoms. The number of aromatic nitrogens is 2. The summed E-state index contributed by atoms with van der Waals surface area (Å²) >= 11 is 0. The number of amides is 1. The number of aliphatic carboxylic acids is 1. The molecular weight excluding hydrogens is 416 g/mol. The summed E-state index contributed by atoms with van der Waals surface area (Å²) in [6.45, 7) is 5.45. The quantitative estimate of drug-likeness (QED) is 0.176. The average Bonchev–Trinajstić information content (AvgIpc) is 3.30. The number of nitrogens with one attached hydrogen (secondary N) is 3. The third-order valence-electron chi connectivity index (χ3n) is 6.25. The zero-order valence-electron chi connectivity index (χ0n) is 21.0. The van der Waals surface area contributed by atoms with Crippen LogP contribution in [0, 0.1) is 5.92 Å². The number of carbonyl (C=O) groups is 2. The van der Waals surface area contributed by atoms with E-state index in [9.17, 15) is 14.7 Å². The van der Waals surface area contributed by atoms with Crippen LogP contribution in [-0.4, -0.2) is 46.1 Å². The molecule has 2 unspecified atom stereocenters. The van der Waals surface area contributed by atoms with Gasteiger partial charge >= 0.3 is 5.97 Å². The lowest BCUT2D eigenvalue weighted by Crippen LogP contribution is -2.46. The summed E-state index contributed by atoms with van der Waals surface area (Å²) in [5, 5.41) is 15.3. The molecule has 7 heteroatoms. The van der Waals surface area contributed by atoms with E-state index >= 15 is 0 Å². The highest BCUT2D eigenvalue weighted by Crippen LogP contribution is 2.18. The maximum Gasteiger partial charge on any atom is 0.326 e. The number of carboxylic acid groups (broad SMARTS) is 1. The Morgan fingerprint density at radius 3 is 2.03 bits per heavy atom. The highest BCUT2D eigenvalue weighted by atomic mass is 16.4. The number of hydrogen-bond acceptors (Lipinski definition) is 4. The molecule has 1 rings (SSSR count). The maximum absolute atomic E-state index is 12.3. The number of aromatic amines is 1. The molecule has 1 heterocycles. The van der Waals surface area contributed by atoms with Gasteiger partial charge in [-0.25, -0.2) is 9.78 Å². The number of H-pyrrole nitrogens is 1. The molecule has 33 heavy (non-hydrogen) atoms. The first-order valence-corrected chi connectivity index (χ1v) is 13.3. The molecule has 7 nitrogen and oxygen atoms in total. The zero-order chi connectivity index (χ0) is 24.2. The predicted octanol–water partition coefficient (Wildman–Crippen LogP) is 5.23. The first kappa shape index (κ1) is 29.1. The maximum atomic E-state index is 12.3. The van der Waals surface area contributed by atoms with Crippen molar-refractivity contribution in [1.82, 2.24) is 20.6 Å². The molecule has 0 aromatic carbocycles. The van der Waals surface area contributed by atoms with Crippen molar-refractivity contribution in [2.45, 2.75) is 116 Å². The monoisotopic (exact) mass is 464 g/mol. The van der Waals surface area contributed by atoms with Crippen molar-refractivity contribution >= 4 is 11.9 Å². The Kier molecular flexibility index (Phi) is 17.3. The van der Waals surface area contributed by atoms with E-state index in [0.717, 1.165) is 6.54 Å². The van der Waals surface area contributed by atoms with E-state index in [-0.39, 0.29) is 18.9 Å². The molecule has 1 amide bonds. The number of carboxylic acids is 1. The van der Waals surface area contributed by atoms with Crippen LogP contribution in [0.4, 0.5) is 0 Å². The Balaban J connectivity index is 2.34. The lowest BCUT2D eigenvalue weighted by atomic mass is 9.94. The van der Waals surface area contributed by atoms with Crippen LogP contribution in [0.5, 0.6) is 0 Å². The van der Waals surface area contributed by atoms with Crippen LogP contribution < -0.4 is 10.6 Å². The molecule has 0 aliphatic rings. The molecule has 0 bridgehead atoms. The van der Waals surface area contributed by atoms with Crippen molar-refractivity contribution < 1.29 is 14.7 Å². The number of unbranched alkanes of at least 4 members (excludes halogenated alkanes) is 10. The largest absolute Gasteiger partial charge is 0.480 e. The van der Waals surface area contributed by atoms with E-state index in [1.54, 1.807) is 6.20 Å². The fraction of sp³-hybridized carbons (Fsp3) is 0.808. The van der Waals surface area contributed by atoms with E-state index in [1.165, 1.54) is 96.2 Å². The SMILES string of the molecule is CCCCCCCCCC(CCCCCCC)CNCC(=O)NC(Cc1c[nH]cn1)C(=O)O. The standard InChI is InChI=1S/C26H48N4O3/c1-3-5-7-9-10-12-14-16-22(15-13-11-8-6-4-2)18-27-20-25(31)30-24(26(32)33)17-23-19-28-21-29-23/h19,21-22,24,27H,3-18,20H2,1-2H3,(H,28,29)(H,30,31)(H,32,33). The first-order valence-electron chi connectivity index (χ1n) is 13.3. The van der Waals surface area contributed by atoms with Gasteiger partial charge in [0.05, 0.1) is 18.6 Å². The Morgan fingerprint density at radius 1 is 0.939 bits per heavy atom. The molecule has 4 N–H and O–H groups in total. The van der Waals surface area contributed by atoms with Crippen molar-refractivity contribution in [2.75, 3.05) is 13.1 Å². The Bertz CT molecular complexity index is 607. The van der Waals surface area contributed by atoms with Crippen LogP contribution in [0.3, 0.4) is 0 Å². The molecule has 1 aromatic rings. The highest BCUT2D eigenvalue weighted by Gasteiger charge is 2.21. The van der Waals surface area contributed by atoms with Crippen molar-refractivity contribution in [3.8, 4) is 0 Å². The molecule has 1 aromatic heterocycles. The van der Waals surface area contributed by atoms with E-state index in [1.807, 2.05) is 0 Å². The van der Waals surface area contributed by atoms with Crippen LogP contribution >= 0.6 is 0 Å². The summed E-state index contributed by atoms with van der Waals surface area (Å²) in [6.07, 6.45) is 21.3. The Labute approximate surface area is 200 Å². The lowest BCUT2D eigenvalue weighted by Gasteiger charge is -2.19. The van der Waals surface area contributed by atoms with Gasteiger partial charge in [0.15, 0.2) is 0 Å². The van der Waals surface area contributed by atoms with Crippen molar-refractivity contribution in [3.05, 3.63) is 18.2 Å². The molecule has 190 valence electrons. The molecule has 0 aliphatic heterocycles. The molecule has 0 saturated heterocycles. The minimum atomic E-state index is -1.05. The average molecular weight is 465 g/mol. The molecule has 0 aliphatic carbocycles. The topological polar surface area (TPSA) is 107 Å². The van der Waals surface area contributed by atoms with Gasteiger partial charge in [-0.2, -0.15) is 0 Å².